The van der Waals surface area contributed by atoms with Gasteiger partial charge in [0.05, 0.1) is 17.7 Å². The smallest absolute Gasteiger partial charge is 0.243 e. The van der Waals surface area contributed by atoms with E-state index in [0.717, 1.165) is 17.7 Å². The highest BCUT2D eigenvalue weighted by Gasteiger charge is 2.56. The van der Waals surface area contributed by atoms with Crippen molar-refractivity contribution in [3.8, 4) is 5.75 Å². The van der Waals surface area contributed by atoms with Crippen molar-refractivity contribution in [2.45, 2.75) is 23.8 Å². The molecule has 26 heavy (non-hydrogen) atoms. The van der Waals surface area contributed by atoms with Crippen LogP contribution < -0.4 is 4.74 Å². The fourth-order valence-corrected chi connectivity index (χ4v) is 5.31. The zero-order valence-corrected chi connectivity index (χ0v) is 15.5. The summed E-state index contributed by atoms with van der Waals surface area (Å²) in [5.41, 5.74) is 0.500. The van der Waals surface area contributed by atoms with E-state index >= 15 is 0 Å². The lowest BCUT2D eigenvalue weighted by Gasteiger charge is -2.49. The molecular formula is C19H22N2O4S. The first-order chi connectivity index (χ1) is 12.5. The van der Waals surface area contributed by atoms with Crippen LogP contribution >= 0.6 is 0 Å². The number of hydrogen-bond donors (Lipinski definition) is 0. The Labute approximate surface area is 153 Å². The maximum absolute atomic E-state index is 12.8. The quantitative estimate of drug-likeness (QED) is 0.803. The molecule has 0 saturated carbocycles. The summed E-state index contributed by atoms with van der Waals surface area (Å²) in [6.07, 6.45) is 4.25. The van der Waals surface area contributed by atoms with Gasteiger partial charge in [-0.3, -0.25) is 4.98 Å². The van der Waals surface area contributed by atoms with Gasteiger partial charge in [0.15, 0.2) is 0 Å². The third-order valence-corrected chi connectivity index (χ3v) is 6.99. The van der Waals surface area contributed by atoms with E-state index in [0.29, 0.717) is 31.2 Å². The second kappa shape index (κ2) is 6.64. The largest absolute Gasteiger partial charge is 0.492 e. The molecule has 1 aromatic heterocycles. The van der Waals surface area contributed by atoms with E-state index in [1.165, 1.54) is 4.31 Å². The van der Waals surface area contributed by atoms with E-state index in [2.05, 4.69) is 4.98 Å². The standard InChI is InChI=1S/C19H22N2O4S/c1-15-4-2-6-18(10-15)26(22,23)21-13-19(14-21)16(7-9-25-19)12-24-17-5-3-8-20-11-17/h2-6,8,10-11,16H,7,9,12-14H2,1H3/t16-/m0/s1. The van der Waals surface area contributed by atoms with Crippen molar-refractivity contribution >= 4 is 10.0 Å². The highest BCUT2D eigenvalue weighted by molar-refractivity contribution is 7.89. The maximum Gasteiger partial charge on any atom is 0.243 e. The van der Waals surface area contributed by atoms with Gasteiger partial charge in [-0.05, 0) is 43.2 Å². The van der Waals surface area contributed by atoms with Crippen molar-refractivity contribution in [2.75, 3.05) is 26.3 Å². The predicted octanol–water partition coefficient (Wildman–Crippen LogP) is 2.25. The third kappa shape index (κ3) is 3.11. The zero-order valence-electron chi connectivity index (χ0n) is 14.7. The van der Waals surface area contributed by atoms with Crippen molar-refractivity contribution < 1.29 is 17.9 Å². The van der Waals surface area contributed by atoms with E-state index in [1.54, 1.807) is 30.6 Å². The Balaban J connectivity index is 1.43. The molecule has 1 aromatic carbocycles. The molecule has 138 valence electrons. The van der Waals surface area contributed by atoms with Gasteiger partial charge in [-0.1, -0.05) is 12.1 Å². The van der Waals surface area contributed by atoms with Crippen molar-refractivity contribution in [3.05, 3.63) is 54.4 Å². The number of hydrogen-bond acceptors (Lipinski definition) is 5. The molecule has 0 aliphatic carbocycles. The fraction of sp³-hybridized carbons (Fsp3) is 0.421. The molecule has 7 heteroatoms. The number of ether oxygens (including phenoxy) is 2. The lowest BCUT2D eigenvalue weighted by molar-refractivity contribution is -0.107. The Hall–Kier alpha value is -1.96. The molecule has 2 fully saturated rings. The second-order valence-electron chi connectivity index (χ2n) is 6.99. The molecule has 0 N–H and O–H groups in total. The minimum atomic E-state index is -3.48. The lowest BCUT2D eigenvalue weighted by atomic mass is 9.83. The van der Waals surface area contributed by atoms with E-state index in [4.69, 9.17) is 9.47 Å². The van der Waals surface area contributed by atoms with Gasteiger partial charge in [0, 0.05) is 31.8 Å². The molecule has 0 radical (unpaired) electrons. The summed E-state index contributed by atoms with van der Waals surface area (Å²) in [5, 5.41) is 0. The van der Waals surface area contributed by atoms with Crippen LogP contribution in [0.5, 0.6) is 5.75 Å². The van der Waals surface area contributed by atoms with E-state index in [-0.39, 0.29) is 5.92 Å². The van der Waals surface area contributed by atoms with Crippen LogP contribution in [0, 0.1) is 12.8 Å². The summed E-state index contributed by atoms with van der Waals surface area (Å²) in [7, 11) is -3.48. The minimum Gasteiger partial charge on any atom is -0.492 e. The Morgan fingerprint density at radius 1 is 1.31 bits per heavy atom. The van der Waals surface area contributed by atoms with Crippen LogP contribution in [0.25, 0.3) is 0 Å². The van der Waals surface area contributed by atoms with Crippen molar-refractivity contribution in [2.24, 2.45) is 5.92 Å². The average molecular weight is 374 g/mol. The number of aryl methyl sites for hydroxylation is 1. The normalized spacial score (nSPS) is 22.3. The van der Waals surface area contributed by atoms with E-state index in [1.807, 2.05) is 25.1 Å². The first kappa shape index (κ1) is 17.5. The fourth-order valence-electron chi connectivity index (χ4n) is 3.64. The van der Waals surface area contributed by atoms with Crippen LogP contribution in [0.3, 0.4) is 0 Å². The van der Waals surface area contributed by atoms with Gasteiger partial charge in [-0.2, -0.15) is 4.31 Å². The molecule has 0 unspecified atom stereocenters. The van der Waals surface area contributed by atoms with E-state index in [9.17, 15) is 8.42 Å². The second-order valence-corrected chi connectivity index (χ2v) is 8.93. The first-order valence-corrected chi connectivity index (χ1v) is 10.2. The molecular weight excluding hydrogens is 352 g/mol. The monoisotopic (exact) mass is 374 g/mol. The summed E-state index contributed by atoms with van der Waals surface area (Å²) in [5.74, 6) is 0.893. The molecule has 2 aliphatic heterocycles. The molecule has 1 spiro atoms. The number of rotatable bonds is 5. The molecule has 2 aromatic rings. The van der Waals surface area contributed by atoms with Crippen LogP contribution in [0.2, 0.25) is 0 Å². The van der Waals surface area contributed by atoms with Crippen LogP contribution in [-0.2, 0) is 14.8 Å². The molecule has 2 saturated heterocycles. The summed E-state index contributed by atoms with van der Waals surface area (Å²) < 4.78 is 38.9. The number of benzene rings is 1. The van der Waals surface area contributed by atoms with Gasteiger partial charge in [-0.15, -0.1) is 0 Å². The Morgan fingerprint density at radius 2 is 2.15 bits per heavy atom. The van der Waals surface area contributed by atoms with Crippen molar-refractivity contribution in [1.82, 2.24) is 9.29 Å². The summed E-state index contributed by atoms with van der Waals surface area (Å²) in [6, 6.07) is 10.7. The summed E-state index contributed by atoms with van der Waals surface area (Å²) >= 11 is 0. The molecule has 1 atom stereocenters. The topological polar surface area (TPSA) is 68.7 Å². The van der Waals surface area contributed by atoms with Crippen LogP contribution in [-0.4, -0.2) is 49.6 Å². The van der Waals surface area contributed by atoms with Gasteiger partial charge >= 0.3 is 0 Å². The van der Waals surface area contributed by atoms with Crippen LogP contribution in [0.4, 0.5) is 0 Å². The molecule has 2 aliphatic rings. The van der Waals surface area contributed by atoms with E-state index < -0.39 is 15.6 Å². The Kier molecular flexibility index (Phi) is 4.46. The van der Waals surface area contributed by atoms with Crippen molar-refractivity contribution in [1.29, 1.82) is 0 Å². The molecule has 4 rings (SSSR count). The van der Waals surface area contributed by atoms with Crippen LogP contribution in [0.1, 0.15) is 12.0 Å². The maximum atomic E-state index is 12.8. The Morgan fingerprint density at radius 3 is 2.88 bits per heavy atom. The molecule has 0 bridgehead atoms. The summed E-state index contributed by atoms with van der Waals surface area (Å²) in [4.78, 5) is 4.38. The molecule has 6 nitrogen and oxygen atoms in total. The predicted molar refractivity (Wildman–Crippen MR) is 96.5 cm³/mol. The SMILES string of the molecule is Cc1cccc(S(=O)(=O)N2CC3(C2)OCC[C@H]3COc2cccnc2)c1. The van der Waals surface area contributed by atoms with Gasteiger partial charge in [0.2, 0.25) is 10.0 Å². The van der Waals surface area contributed by atoms with Gasteiger partial charge in [-0.25, -0.2) is 8.42 Å². The summed E-state index contributed by atoms with van der Waals surface area (Å²) in [6.45, 7) is 3.79. The molecule has 3 heterocycles. The third-order valence-electron chi connectivity index (χ3n) is 5.20. The number of pyridine rings is 1. The minimum absolute atomic E-state index is 0.173. The first-order valence-electron chi connectivity index (χ1n) is 8.73. The number of sulfonamides is 1. The number of aromatic nitrogens is 1. The van der Waals surface area contributed by atoms with Crippen LogP contribution in [0.15, 0.2) is 53.7 Å². The average Bonchev–Trinajstić information content (AvgIpc) is 3.04. The van der Waals surface area contributed by atoms with Crippen molar-refractivity contribution in [3.63, 3.8) is 0 Å². The Bertz CT molecular complexity index is 879. The van der Waals surface area contributed by atoms with Gasteiger partial charge in [0.25, 0.3) is 0 Å². The van der Waals surface area contributed by atoms with Gasteiger partial charge < -0.3 is 9.47 Å². The number of nitrogens with zero attached hydrogens (tertiary/aromatic N) is 2. The molecule has 0 amide bonds. The van der Waals surface area contributed by atoms with Gasteiger partial charge in [0.1, 0.15) is 11.4 Å². The highest BCUT2D eigenvalue weighted by Crippen LogP contribution is 2.42. The lowest BCUT2D eigenvalue weighted by Crippen LogP contribution is -2.66. The zero-order chi connectivity index (χ0) is 18.2. The highest BCUT2D eigenvalue weighted by atomic mass is 32.2.